The van der Waals surface area contributed by atoms with Crippen LogP contribution in [0.25, 0.3) is 10.9 Å². The van der Waals surface area contributed by atoms with Gasteiger partial charge in [-0.1, -0.05) is 34.8 Å². The van der Waals surface area contributed by atoms with Gasteiger partial charge in [-0.05, 0) is 36.4 Å². The standard InChI is InChI=1S/C16H10Cl3N3O3/c17-8-1-2-12-13(6-8)21-16(22(15(12)25)14(24)7-23)20-11-4-9(18)3-10(19)5-11/h1-6,23H,7H2,(H,20,21). The van der Waals surface area contributed by atoms with E-state index in [0.717, 1.165) is 4.57 Å². The lowest BCUT2D eigenvalue weighted by Crippen LogP contribution is -2.31. The Morgan fingerprint density at radius 1 is 1.08 bits per heavy atom. The fourth-order valence-electron chi connectivity index (χ4n) is 2.30. The van der Waals surface area contributed by atoms with Gasteiger partial charge in [-0.2, -0.15) is 0 Å². The minimum Gasteiger partial charge on any atom is -0.386 e. The van der Waals surface area contributed by atoms with Crippen molar-refractivity contribution in [3.05, 3.63) is 61.8 Å². The van der Waals surface area contributed by atoms with Crippen molar-refractivity contribution >= 4 is 63.2 Å². The van der Waals surface area contributed by atoms with Gasteiger partial charge in [0.25, 0.3) is 11.5 Å². The van der Waals surface area contributed by atoms with E-state index in [9.17, 15) is 14.7 Å². The average molecular weight is 399 g/mol. The van der Waals surface area contributed by atoms with Gasteiger partial charge in [0.1, 0.15) is 6.61 Å². The van der Waals surface area contributed by atoms with Crippen LogP contribution in [0, 0.1) is 0 Å². The minimum atomic E-state index is -0.855. The molecule has 0 amide bonds. The molecule has 0 atom stereocenters. The molecule has 3 aromatic rings. The van der Waals surface area contributed by atoms with Gasteiger partial charge in [0.2, 0.25) is 5.95 Å². The number of rotatable bonds is 3. The Morgan fingerprint density at radius 2 is 1.76 bits per heavy atom. The van der Waals surface area contributed by atoms with Crippen molar-refractivity contribution in [2.75, 3.05) is 11.9 Å². The predicted octanol–water partition coefficient (Wildman–Crippen LogP) is 3.73. The van der Waals surface area contributed by atoms with E-state index >= 15 is 0 Å². The number of nitrogens with zero attached hydrogens (tertiary/aromatic N) is 2. The molecule has 2 N–H and O–H groups in total. The van der Waals surface area contributed by atoms with Gasteiger partial charge in [-0.25, -0.2) is 9.55 Å². The number of carbonyl (C=O) groups excluding carboxylic acids is 1. The first-order valence-electron chi connectivity index (χ1n) is 6.98. The Morgan fingerprint density at radius 3 is 2.40 bits per heavy atom. The highest BCUT2D eigenvalue weighted by molar-refractivity contribution is 6.35. The van der Waals surface area contributed by atoms with E-state index in [1.165, 1.54) is 24.3 Å². The summed E-state index contributed by atoms with van der Waals surface area (Å²) in [6.07, 6.45) is 0. The van der Waals surface area contributed by atoms with Crippen molar-refractivity contribution in [1.29, 1.82) is 0 Å². The topological polar surface area (TPSA) is 84.2 Å². The zero-order valence-electron chi connectivity index (χ0n) is 12.5. The molecule has 0 fully saturated rings. The number of benzene rings is 2. The fraction of sp³-hybridized carbons (Fsp3) is 0.0625. The summed E-state index contributed by atoms with van der Waals surface area (Å²) in [5, 5.41) is 13.3. The summed E-state index contributed by atoms with van der Waals surface area (Å²) in [5.74, 6) is -0.915. The highest BCUT2D eigenvalue weighted by atomic mass is 35.5. The van der Waals surface area contributed by atoms with Crippen LogP contribution in [0.3, 0.4) is 0 Å². The maximum Gasteiger partial charge on any atom is 0.269 e. The van der Waals surface area contributed by atoms with Crippen LogP contribution in [0.4, 0.5) is 11.6 Å². The Balaban J connectivity index is 2.24. The molecular weight excluding hydrogens is 389 g/mol. The van der Waals surface area contributed by atoms with E-state index < -0.39 is 18.1 Å². The molecule has 128 valence electrons. The van der Waals surface area contributed by atoms with Gasteiger partial charge in [-0.3, -0.25) is 9.59 Å². The second-order valence-electron chi connectivity index (χ2n) is 5.07. The molecular formula is C16H10Cl3N3O3. The van der Waals surface area contributed by atoms with Crippen molar-refractivity contribution in [1.82, 2.24) is 9.55 Å². The molecule has 3 rings (SSSR count). The third-order valence-corrected chi connectivity index (χ3v) is 4.01. The van der Waals surface area contributed by atoms with Crippen LogP contribution in [0.1, 0.15) is 4.79 Å². The molecule has 9 heteroatoms. The Kier molecular flexibility index (Phi) is 4.96. The molecule has 0 bridgehead atoms. The highest BCUT2D eigenvalue weighted by Gasteiger charge is 2.17. The molecule has 0 unspecified atom stereocenters. The van der Waals surface area contributed by atoms with Gasteiger partial charge < -0.3 is 10.4 Å². The molecule has 0 aliphatic rings. The van der Waals surface area contributed by atoms with Crippen LogP contribution in [0.15, 0.2) is 41.2 Å². The first-order chi connectivity index (χ1) is 11.9. The Hall–Kier alpha value is -2.12. The lowest BCUT2D eigenvalue weighted by atomic mass is 10.2. The number of fused-ring (bicyclic) bond motifs is 1. The first kappa shape index (κ1) is 17.7. The average Bonchev–Trinajstić information content (AvgIpc) is 2.53. The van der Waals surface area contributed by atoms with Crippen LogP contribution < -0.4 is 10.9 Å². The second-order valence-corrected chi connectivity index (χ2v) is 6.38. The Bertz CT molecular complexity index is 1030. The number of nitrogens with one attached hydrogen (secondary N) is 1. The minimum absolute atomic E-state index is 0.0860. The molecule has 0 radical (unpaired) electrons. The molecule has 0 saturated carbocycles. The third-order valence-electron chi connectivity index (χ3n) is 3.33. The number of aliphatic hydroxyl groups is 1. The number of halogens is 3. The highest BCUT2D eigenvalue weighted by Crippen LogP contribution is 2.25. The SMILES string of the molecule is O=C(CO)n1c(Nc2cc(Cl)cc(Cl)c2)nc2cc(Cl)ccc2c1=O. The summed E-state index contributed by atoms with van der Waals surface area (Å²) in [6, 6.07) is 9.12. The summed E-state index contributed by atoms with van der Waals surface area (Å²) in [4.78, 5) is 29.0. The first-order valence-corrected chi connectivity index (χ1v) is 8.12. The molecule has 1 aromatic heterocycles. The molecule has 2 aromatic carbocycles. The smallest absolute Gasteiger partial charge is 0.269 e. The molecule has 25 heavy (non-hydrogen) atoms. The lowest BCUT2D eigenvalue weighted by molar-refractivity contribution is 0.0816. The van der Waals surface area contributed by atoms with Gasteiger partial charge >= 0.3 is 0 Å². The molecule has 0 aliphatic heterocycles. The normalized spacial score (nSPS) is 10.9. The molecule has 0 aliphatic carbocycles. The van der Waals surface area contributed by atoms with E-state index in [0.29, 0.717) is 26.3 Å². The Labute approximate surface area is 156 Å². The number of carbonyl (C=O) groups is 1. The largest absolute Gasteiger partial charge is 0.386 e. The van der Waals surface area contributed by atoms with Crippen molar-refractivity contribution in [2.24, 2.45) is 0 Å². The summed E-state index contributed by atoms with van der Waals surface area (Å²) in [6.45, 7) is -0.855. The van der Waals surface area contributed by atoms with Crippen molar-refractivity contribution in [2.45, 2.75) is 0 Å². The lowest BCUT2D eigenvalue weighted by Gasteiger charge is -2.13. The number of aromatic nitrogens is 2. The molecule has 6 nitrogen and oxygen atoms in total. The van der Waals surface area contributed by atoms with E-state index in [2.05, 4.69) is 10.3 Å². The quantitative estimate of drug-likeness (QED) is 0.702. The van der Waals surface area contributed by atoms with Crippen LogP contribution in [0.5, 0.6) is 0 Å². The van der Waals surface area contributed by atoms with Gasteiger partial charge in [0.05, 0.1) is 10.9 Å². The van der Waals surface area contributed by atoms with Crippen LogP contribution >= 0.6 is 34.8 Å². The number of hydrogen-bond acceptors (Lipinski definition) is 5. The van der Waals surface area contributed by atoms with Crippen LogP contribution in [-0.2, 0) is 0 Å². The number of anilines is 2. The van der Waals surface area contributed by atoms with E-state index in [4.69, 9.17) is 34.8 Å². The summed E-state index contributed by atoms with van der Waals surface area (Å²) in [7, 11) is 0. The van der Waals surface area contributed by atoms with Crippen LogP contribution in [0.2, 0.25) is 15.1 Å². The van der Waals surface area contributed by atoms with Gasteiger partial charge in [-0.15, -0.1) is 0 Å². The van der Waals surface area contributed by atoms with E-state index in [1.807, 2.05) is 0 Å². The molecule has 0 saturated heterocycles. The molecule has 0 spiro atoms. The second kappa shape index (κ2) is 7.01. The number of aliphatic hydroxyl groups excluding tert-OH is 1. The summed E-state index contributed by atoms with van der Waals surface area (Å²) in [5.41, 5.74) is 0.0942. The van der Waals surface area contributed by atoms with Crippen molar-refractivity contribution in [3.63, 3.8) is 0 Å². The van der Waals surface area contributed by atoms with Gasteiger partial charge in [0.15, 0.2) is 0 Å². The number of hydrogen-bond donors (Lipinski definition) is 2. The fourth-order valence-corrected chi connectivity index (χ4v) is 2.99. The maximum absolute atomic E-state index is 12.6. The van der Waals surface area contributed by atoms with E-state index in [-0.39, 0.29) is 11.3 Å². The maximum atomic E-state index is 12.6. The third kappa shape index (κ3) is 3.62. The van der Waals surface area contributed by atoms with Crippen molar-refractivity contribution in [3.8, 4) is 0 Å². The zero-order chi connectivity index (χ0) is 18.1. The predicted molar refractivity (Wildman–Crippen MR) is 98.5 cm³/mol. The van der Waals surface area contributed by atoms with Crippen molar-refractivity contribution < 1.29 is 9.90 Å². The zero-order valence-corrected chi connectivity index (χ0v) is 14.7. The summed E-state index contributed by atoms with van der Waals surface area (Å²) < 4.78 is 0.755. The monoisotopic (exact) mass is 397 g/mol. The molecule has 1 heterocycles. The van der Waals surface area contributed by atoms with E-state index in [1.54, 1.807) is 12.1 Å². The van der Waals surface area contributed by atoms with Gasteiger partial charge in [0, 0.05) is 20.8 Å². The van der Waals surface area contributed by atoms with Crippen LogP contribution in [-0.4, -0.2) is 27.2 Å². The summed E-state index contributed by atoms with van der Waals surface area (Å²) >= 11 is 17.9.